The Balaban J connectivity index is 1.15. The van der Waals surface area contributed by atoms with Crippen molar-refractivity contribution in [3.63, 3.8) is 0 Å². The van der Waals surface area contributed by atoms with Crippen LogP contribution in [0.15, 0.2) is 200 Å². The summed E-state index contributed by atoms with van der Waals surface area (Å²) in [6.45, 7) is 0. The highest BCUT2D eigenvalue weighted by molar-refractivity contribution is 7.26. The minimum atomic E-state index is 1.09. The molecule has 12 aromatic rings. The van der Waals surface area contributed by atoms with Crippen LogP contribution in [0.1, 0.15) is 0 Å². The molecule has 12 rings (SSSR count). The summed E-state index contributed by atoms with van der Waals surface area (Å²) in [5.74, 6) is 0. The van der Waals surface area contributed by atoms with Gasteiger partial charge in [-0.15, -0.1) is 11.3 Å². The molecule has 3 heterocycles. The molecule has 0 N–H and O–H groups in total. The number of pyridine rings is 1. The lowest BCUT2D eigenvalue weighted by atomic mass is 9.98. The molecule has 0 aliphatic rings. The molecule has 9 aromatic carbocycles. The maximum Gasteiger partial charge on any atom is 0.0547 e. The van der Waals surface area contributed by atoms with E-state index in [1.807, 2.05) is 29.8 Å². The molecule has 0 saturated carbocycles. The van der Waals surface area contributed by atoms with Crippen LogP contribution in [0.3, 0.4) is 0 Å². The summed E-state index contributed by atoms with van der Waals surface area (Å²) in [7, 11) is 0. The van der Waals surface area contributed by atoms with Gasteiger partial charge in [0.05, 0.1) is 16.7 Å². The van der Waals surface area contributed by atoms with Crippen LogP contribution in [-0.4, -0.2) is 9.55 Å². The maximum atomic E-state index is 4.39. The fourth-order valence-corrected chi connectivity index (χ4v) is 10.1. The van der Waals surface area contributed by atoms with Gasteiger partial charge < -0.3 is 9.47 Å². The molecular formula is C53H33N3S. The predicted octanol–water partition coefficient (Wildman–Crippen LogP) is 15.1. The third-order valence-corrected chi connectivity index (χ3v) is 12.7. The summed E-state index contributed by atoms with van der Waals surface area (Å²) in [5.41, 5.74) is 9.09. The monoisotopic (exact) mass is 743 g/mol. The molecule has 0 spiro atoms. The summed E-state index contributed by atoms with van der Waals surface area (Å²) in [5, 5.41) is 12.6. The van der Waals surface area contributed by atoms with Gasteiger partial charge in [0, 0.05) is 65.8 Å². The second kappa shape index (κ2) is 12.6. The Kier molecular flexibility index (Phi) is 7.10. The van der Waals surface area contributed by atoms with Gasteiger partial charge in [0.25, 0.3) is 0 Å². The first-order chi connectivity index (χ1) is 28.3. The number of benzene rings is 9. The van der Waals surface area contributed by atoms with Crippen LogP contribution < -0.4 is 4.90 Å². The molecule has 0 saturated heterocycles. The van der Waals surface area contributed by atoms with E-state index in [4.69, 9.17) is 0 Å². The van der Waals surface area contributed by atoms with Gasteiger partial charge in [0.1, 0.15) is 0 Å². The summed E-state index contributed by atoms with van der Waals surface area (Å²) in [6, 6.07) is 69.0. The number of nitrogens with zero attached hydrogens (tertiary/aromatic N) is 3. The van der Waals surface area contributed by atoms with Crippen molar-refractivity contribution < 1.29 is 0 Å². The molecule has 0 unspecified atom stereocenters. The SMILES string of the molecule is c1ccc(-n2c3ccc(N(c4ccc(-c5cccnc5)cc4)c4cc5ccccc5c5ccccc45)cc3c3cc4ccc5sc6ccccc6c5c4cc32)cc1. The standard InChI is InChI=1S/C53H33N3S/c1-2-13-38(14-3-1)56-48-26-25-40(31-47(48)46-29-36-22-27-52-53(45(36)32-50(46)56)44-18-8-9-19-51(44)57-52)55(39-23-20-34(21-24-39)37-12-10-28-54-33-37)49-30-35-11-4-5-15-41(35)42-16-6-7-17-43(42)49/h1-33H. The van der Waals surface area contributed by atoms with Crippen molar-refractivity contribution >= 4 is 103 Å². The average molecular weight is 744 g/mol. The molecule has 0 radical (unpaired) electrons. The zero-order valence-electron chi connectivity index (χ0n) is 30.8. The average Bonchev–Trinajstić information content (AvgIpc) is 3.82. The van der Waals surface area contributed by atoms with Gasteiger partial charge in [0.2, 0.25) is 0 Å². The molecule has 4 heteroatoms. The van der Waals surface area contributed by atoms with Crippen molar-refractivity contribution in [2.24, 2.45) is 0 Å². The molecule has 266 valence electrons. The molecule has 0 bridgehead atoms. The number of rotatable bonds is 5. The lowest BCUT2D eigenvalue weighted by Gasteiger charge is -2.28. The van der Waals surface area contributed by atoms with Gasteiger partial charge in [-0.25, -0.2) is 0 Å². The van der Waals surface area contributed by atoms with Crippen LogP contribution in [0.25, 0.3) is 91.1 Å². The van der Waals surface area contributed by atoms with E-state index >= 15 is 0 Å². The smallest absolute Gasteiger partial charge is 0.0547 e. The molecule has 3 nitrogen and oxygen atoms in total. The molecule has 3 aromatic heterocycles. The van der Waals surface area contributed by atoms with Crippen LogP contribution in [0, 0.1) is 0 Å². The fourth-order valence-electron chi connectivity index (χ4n) is 9.03. The van der Waals surface area contributed by atoms with Crippen LogP contribution in [-0.2, 0) is 0 Å². The summed E-state index contributed by atoms with van der Waals surface area (Å²) in [6.07, 6.45) is 3.75. The Morgan fingerprint density at radius 1 is 0.421 bits per heavy atom. The highest BCUT2D eigenvalue weighted by atomic mass is 32.1. The minimum absolute atomic E-state index is 1.09. The Morgan fingerprint density at radius 2 is 1.14 bits per heavy atom. The van der Waals surface area contributed by atoms with Crippen molar-refractivity contribution in [3.05, 3.63) is 200 Å². The van der Waals surface area contributed by atoms with E-state index < -0.39 is 0 Å². The van der Waals surface area contributed by atoms with E-state index in [1.165, 1.54) is 74.3 Å². The minimum Gasteiger partial charge on any atom is -0.310 e. The highest BCUT2D eigenvalue weighted by Gasteiger charge is 2.21. The third-order valence-electron chi connectivity index (χ3n) is 11.6. The van der Waals surface area contributed by atoms with Gasteiger partial charge in [-0.3, -0.25) is 4.98 Å². The maximum absolute atomic E-state index is 4.39. The lowest BCUT2D eigenvalue weighted by Crippen LogP contribution is -2.10. The number of hydrogen-bond donors (Lipinski definition) is 0. The second-order valence-corrected chi connectivity index (χ2v) is 15.9. The Labute approximate surface area is 332 Å². The van der Waals surface area contributed by atoms with E-state index in [0.717, 1.165) is 33.9 Å². The first-order valence-corrected chi connectivity index (χ1v) is 20.2. The molecule has 57 heavy (non-hydrogen) atoms. The van der Waals surface area contributed by atoms with Crippen molar-refractivity contribution in [3.8, 4) is 16.8 Å². The van der Waals surface area contributed by atoms with Crippen LogP contribution in [0.2, 0.25) is 0 Å². The summed E-state index contributed by atoms with van der Waals surface area (Å²) >= 11 is 1.87. The van der Waals surface area contributed by atoms with Crippen molar-refractivity contribution in [1.29, 1.82) is 0 Å². The normalized spacial score (nSPS) is 11.9. The number of fused-ring (bicyclic) bond motifs is 11. The van der Waals surface area contributed by atoms with E-state index in [-0.39, 0.29) is 0 Å². The van der Waals surface area contributed by atoms with Gasteiger partial charge in [-0.05, 0) is 117 Å². The first kappa shape index (κ1) is 32.0. The topological polar surface area (TPSA) is 21.1 Å². The molecule has 0 aliphatic carbocycles. The zero-order chi connectivity index (χ0) is 37.5. The van der Waals surface area contributed by atoms with Gasteiger partial charge in [-0.1, -0.05) is 109 Å². The number of para-hydroxylation sites is 1. The predicted molar refractivity (Wildman–Crippen MR) is 244 cm³/mol. The first-order valence-electron chi connectivity index (χ1n) is 19.4. The zero-order valence-corrected chi connectivity index (χ0v) is 31.6. The van der Waals surface area contributed by atoms with Gasteiger partial charge >= 0.3 is 0 Å². The third kappa shape index (κ3) is 5.01. The number of anilines is 3. The Bertz CT molecular complexity index is 3510. The highest BCUT2D eigenvalue weighted by Crippen LogP contribution is 2.46. The van der Waals surface area contributed by atoms with E-state index in [0.29, 0.717) is 0 Å². The van der Waals surface area contributed by atoms with Crippen molar-refractivity contribution in [2.75, 3.05) is 4.90 Å². The molecule has 0 fully saturated rings. The molecule has 0 atom stereocenters. The lowest BCUT2D eigenvalue weighted by molar-refractivity contribution is 1.18. The van der Waals surface area contributed by atoms with Crippen LogP contribution in [0.4, 0.5) is 17.1 Å². The number of aromatic nitrogens is 2. The van der Waals surface area contributed by atoms with Crippen LogP contribution in [0.5, 0.6) is 0 Å². The Hall–Kier alpha value is -7.27. The summed E-state index contributed by atoms with van der Waals surface area (Å²) in [4.78, 5) is 6.83. The molecule has 0 amide bonds. The number of thiophene rings is 1. The van der Waals surface area contributed by atoms with Gasteiger partial charge in [-0.2, -0.15) is 0 Å². The van der Waals surface area contributed by atoms with Crippen LogP contribution >= 0.6 is 11.3 Å². The van der Waals surface area contributed by atoms with E-state index in [2.05, 4.69) is 196 Å². The van der Waals surface area contributed by atoms with E-state index in [1.54, 1.807) is 0 Å². The van der Waals surface area contributed by atoms with Crippen molar-refractivity contribution in [2.45, 2.75) is 0 Å². The Morgan fingerprint density at radius 3 is 1.98 bits per heavy atom. The van der Waals surface area contributed by atoms with Gasteiger partial charge in [0.15, 0.2) is 0 Å². The molecular weight excluding hydrogens is 711 g/mol. The second-order valence-electron chi connectivity index (χ2n) is 14.8. The summed E-state index contributed by atoms with van der Waals surface area (Å²) < 4.78 is 5.09. The van der Waals surface area contributed by atoms with E-state index in [9.17, 15) is 0 Å². The quantitative estimate of drug-likeness (QED) is 0.164. The largest absolute Gasteiger partial charge is 0.310 e. The van der Waals surface area contributed by atoms with Crippen molar-refractivity contribution in [1.82, 2.24) is 9.55 Å². The molecule has 0 aliphatic heterocycles. The number of hydrogen-bond acceptors (Lipinski definition) is 3. The fraction of sp³-hybridized carbons (Fsp3) is 0.